The molecule has 2 aromatic heterocycles. The van der Waals surface area contributed by atoms with Crippen LogP contribution in [0.25, 0.3) is 16.9 Å². The van der Waals surface area contributed by atoms with Crippen molar-refractivity contribution in [3.63, 3.8) is 0 Å². The summed E-state index contributed by atoms with van der Waals surface area (Å²) in [6.45, 7) is 2.03. The van der Waals surface area contributed by atoms with Gasteiger partial charge in [-0.3, -0.25) is 4.40 Å². The Morgan fingerprint density at radius 3 is 2.84 bits per heavy atom. The second kappa shape index (κ2) is 4.54. The van der Waals surface area contributed by atoms with Gasteiger partial charge in [-0.05, 0) is 42.8 Å². The number of anilines is 1. The van der Waals surface area contributed by atoms with Crippen molar-refractivity contribution < 1.29 is 0 Å². The lowest BCUT2D eigenvalue weighted by Crippen LogP contribution is -1.94. The Kier molecular flexibility index (Phi) is 2.99. The average Bonchev–Trinajstić information content (AvgIpc) is 2.69. The van der Waals surface area contributed by atoms with E-state index in [0.717, 1.165) is 26.9 Å². The van der Waals surface area contributed by atoms with Crippen LogP contribution < -0.4 is 5.73 Å². The molecule has 96 valence electrons. The number of benzene rings is 1. The van der Waals surface area contributed by atoms with E-state index in [2.05, 4.69) is 20.9 Å². The number of aromatic nitrogens is 2. The van der Waals surface area contributed by atoms with E-state index < -0.39 is 0 Å². The number of rotatable bonds is 1. The summed E-state index contributed by atoms with van der Waals surface area (Å²) in [4.78, 5) is 4.59. The first-order valence-electron chi connectivity index (χ1n) is 5.76. The average molecular weight is 337 g/mol. The van der Waals surface area contributed by atoms with Crippen LogP contribution in [-0.4, -0.2) is 9.38 Å². The van der Waals surface area contributed by atoms with Crippen molar-refractivity contribution in [2.24, 2.45) is 0 Å². The highest BCUT2D eigenvalue weighted by Crippen LogP contribution is 2.34. The van der Waals surface area contributed by atoms with Gasteiger partial charge in [-0.1, -0.05) is 27.5 Å². The Morgan fingerprint density at radius 1 is 1.26 bits per heavy atom. The molecule has 0 bridgehead atoms. The minimum Gasteiger partial charge on any atom is -0.383 e. The molecule has 0 radical (unpaired) electrons. The Bertz CT molecular complexity index is 780. The number of nitrogen functional groups attached to an aromatic ring is 1. The maximum Gasteiger partial charge on any atom is 0.139 e. The third kappa shape index (κ3) is 2.11. The number of imidazole rings is 1. The zero-order chi connectivity index (χ0) is 13.6. The molecule has 0 atom stereocenters. The summed E-state index contributed by atoms with van der Waals surface area (Å²) in [7, 11) is 0. The van der Waals surface area contributed by atoms with Crippen molar-refractivity contribution in [2.75, 3.05) is 5.73 Å². The zero-order valence-electron chi connectivity index (χ0n) is 10.2. The van der Waals surface area contributed by atoms with Gasteiger partial charge in [0.2, 0.25) is 0 Å². The maximum absolute atomic E-state index is 6.18. The first kappa shape index (κ1) is 12.5. The molecule has 0 aliphatic rings. The van der Waals surface area contributed by atoms with Crippen molar-refractivity contribution >= 4 is 39.0 Å². The molecule has 0 aliphatic carbocycles. The van der Waals surface area contributed by atoms with Crippen molar-refractivity contribution in [1.29, 1.82) is 0 Å². The smallest absolute Gasteiger partial charge is 0.139 e. The normalized spacial score (nSPS) is 11.1. The van der Waals surface area contributed by atoms with E-state index in [1.165, 1.54) is 0 Å². The molecule has 5 heteroatoms. The molecular weight excluding hydrogens is 326 g/mol. The summed E-state index contributed by atoms with van der Waals surface area (Å²) >= 11 is 9.56. The van der Waals surface area contributed by atoms with Gasteiger partial charge in [-0.2, -0.15) is 0 Å². The molecule has 2 heterocycles. The van der Waals surface area contributed by atoms with Crippen LogP contribution in [-0.2, 0) is 0 Å². The quantitative estimate of drug-likeness (QED) is 0.719. The predicted molar refractivity (Wildman–Crippen MR) is 82.5 cm³/mol. The molecule has 0 spiro atoms. The summed E-state index contributed by atoms with van der Waals surface area (Å²) < 4.78 is 2.79. The second-order valence-electron chi connectivity index (χ2n) is 4.40. The molecule has 3 nitrogen and oxygen atoms in total. The van der Waals surface area contributed by atoms with Crippen molar-refractivity contribution in [2.45, 2.75) is 6.92 Å². The van der Waals surface area contributed by atoms with E-state index in [1.807, 2.05) is 47.9 Å². The number of halogens is 2. The van der Waals surface area contributed by atoms with E-state index >= 15 is 0 Å². The fourth-order valence-corrected chi connectivity index (χ4v) is 2.65. The minimum absolute atomic E-state index is 0.609. The number of pyridine rings is 1. The summed E-state index contributed by atoms with van der Waals surface area (Å²) in [5.41, 5.74) is 9.79. The second-order valence-corrected chi connectivity index (χ2v) is 5.69. The molecule has 0 unspecified atom stereocenters. The van der Waals surface area contributed by atoms with Gasteiger partial charge < -0.3 is 5.73 Å². The molecule has 3 rings (SSSR count). The van der Waals surface area contributed by atoms with Crippen LogP contribution in [0.3, 0.4) is 0 Å². The van der Waals surface area contributed by atoms with Gasteiger partial charge >= 0.3 is 0 Å². The van der Waals surface area contributed by atoms with Crippen LogP contribution in [0, 0.1) is 6.92 Å². The summed E-state index contributed by atoms with van der Waals surface area (Å²) in [6, 6.07) is 9.58. The first-order chi connectivity index (χ1) is 9.06. The highest BCUT2D eigenvalue weighted by Gasteiger charge is 2.14. The van der Waals surface area contributed by atoms with Crippen LogP contribution in [0.5, 0.6) is 0 Å². The van der Waals surface area contributed by atoms with E-state index in [4.69, 9.17) is 17.3 Å². The molecule has 0 saturated carbocycles. The lowest BCUT2D eigenvalue weighted by molar-refractivity contribution is 1.18. The highest BCUT2D eigenvalue weighted by molar-refractivity contribution is 9.10. The van der Waals surface area contributed by atoms with Crippen LogP contribution in [0.4, 0.5) is 5.82 Å². The number of nitrogens with two attached hydrogens (primary N) is 1. The van der Waals surface area contributed by atoms with E-state index in [0.29, 0.717) is 10.8 Å². The molecule has 3 aromatic rings. The Balaban J connectivity index is 2.30. The van der Waals surface area contributed by atoms with E-state index in [9.17, 15) is 0 Å². The van der Waals surface area contributed by atoms with Crippen LogP contribution >= 0.6 is 27.5 Å². The first-order valence-corrected chi connectivity index (χ1v) is 6.93. The van der Waals surface area contributed by atoms with Gasteiger partial charge in [-0.25, -0.2) is 4.98 Å². The van der Waals surface area contributed by atoms with Gasteiger partial charge in [0.15, 0.2) is 0 Å². The summed E-state index contributed by atoms with van der Waals surface area (Å²) in [5.74, 6) is 0.609. The zero-order valence-corrected chi connectivity index (χ0v) is 12.5. The molecule has 0 saturated heterocycles. The molecule has 0 amide bonds. The van der Waals surface area contributed by atoms with Crippen LogP contribution in [0.15, 0.2) is 41.0 Å². The van der Waals surface area contributed by atoms with Gasteiger partial charge in [0.1, 0.15) is 17.2 Å². The molecular formula is C14H11BrClN3. The van der Waals surface area contributed by atoms with Gasteiger partial charge in [-0.15, -0.1) is 0 Å². The Labute approximate surface area is 124 Å². The number of nitrogens with zero attached hydrogens (tertiary/aromatic N) is 2. The Morgan fingerprint density at radius 2 is 2.05 bits per heavy atom. The fraction of sp³-hybridized carbons (Fsp3) is 0.0714. The third-order valence-electron chi connectivity index (χ3n) is 3.00. The monoisotopic (exact) mass is 335 g/mol. The van der Waals surface area contributed by atoms with E-state index in [-0.39, 0.29) is 0 Å². The minimum atomic E-state index is 0.609. The predicted octanol–water partition coefficient (Wildman–Crippen LogP) is 4.31. The number of fused-ring (bicyclic) bond motifs is 1. The van der Waals surface area contributed by atoms with Crippen molar-refractivity contribution in [1.82, 2.24) is 9.38 Å². The SMILES string of the molecule is Cc1ccn2c(N)c(-c3cc(Cl)ccc3Br)nc2c1. The Hall–Kier alpha value is -1.52. The maximum atomic E-state index is 6.18. The van der Waals surface area contributed by atoms with Gasteiger partial charge in [0, 0.05) is 21.3 Å². The lowest BCUT2D eigenvalue weighted by Gasteiger charge is -2.03. The molecule has 0 aliphatic heterocycles. The largest absolute Gasteiger partial charge is 0.383 e. The van der Waals surface area contributed by atoms with E-state index in [1.54, 1.807) is 0 Å². The molecule has 0 fully saturated rings. The number of hydrogen-bond acceptors (Lipinski definition) is 2. The standard InChI is InChI=1S/C14H11BrClN3/c1-8-4-5-19-12(6-8)18-13(14(19)17)10-7-9(16)2-3-11(10)15/h2-7H,17H2,1H3. The van der Waals surface area contributed by atoms with Gasteiger partial charge in [0.25, 0.3) is 0 Å². The van der Waals surface area contributed by atoms with Crippen molar-refractivity contribution in [3.8, 4) is 11.3 Å². The van der Waals surface area contributed by atoms with Crippen molar-refractivity contribution in [3.05, 3.63) is 51.6 Å². The lowest BCUT2D eigenvalue weighted by atomic mass is 10.1. The molecule has 2 N–H and O–H groups in total. The number of aryl methyl sites for hydroxylation is 1. The third-order valence-corrected chi connectivity index (χ3v) is 3.93. The topological polar surface area (TPSA) is 43.3 Å². The van der Waals surface area contributed by atoms with Crippen LogP contribution in [0.1, 0.15) is 5.56 Å². The highest BCUT2D eigenvalue weighted by atomic mass is 79.9. The number of hydrogen-bond donors (Lipinski definition) is 1. The fourth-order valence-electron chi connectivity index (χ4n) is 2.04. The molecule has 19 heavy (non-hydrogen) atoms. The van der Waals surface area contributed by atoms with Gasteiger partial charge in [0.05, 0.1) is 0 Å². The summed E-state index contributed by atoms with van der Waals surface area (Å²) in [5, 5.41) is 0.658. The molecule has 1 aromatic carbocycles. The summed E-state index contributed by atoms with van der Waals surface area (Å²) in [6.07, 6.45) is 1.93. The van der Waals surface area contributed by atoms with Crippen LogP contribution in [0.2, 0.25) is 5.02 Å².